The van der Waals surface area contributed by atoms with E-state index in [9.17, 15) is 4.79 Å². The zero-order valence-electron chi connectivity index (χ0n) is 13.1. The number of carbonyl (C=O) groups excluding carboxylic acids is 1. The van der Waals surface area contributed by atoms with Gasteiger partial charge >= 0.3 is 0 Å². The van der Waals surface area contributed by atoms with Gasteiger partial charge in [-0.05, 0) is 51.5 Å². The first kappa shape index (κ1) is 15.8. The van der Waals surface area contributed by atoms with Crippen LogP contribution in [-0.4, -0.2) is 42.5 Å². The van der Waals surface area contributed by atoms with Gasteiger partial charge in [-0.25, -0.2) is 0 Å². The highest BCUT2D eigenvalue weighted by molar-refractivity contribution is 5.77. The van der Waals surface area contributed by atoms with E-state index in [2.05, 4.69) is 24.2 Å². The SMILES string of the molecule is CCC1CCC(N(C)C(CN)CC(=O)NC2CC2)CC1. The van der Waals surface area contributed by atoms with E-state index in [0.29, 0.717) is 25.0 Å². The molecule has 2 fully saturated rings. The molecule has 4 heteroatoms. The Hall–Kier alpha value is -0.610. The van der Waals surface area contributed by atoms with E-state index in [1.165, 1.54) is 32.1 Å². The number of carbonyl (C=O) groups is 1. The molecule has 4 nitrogen and oxygen atoms in total. The van der Waals surface area contributed by atoms with Gasteiger partial charge in [0.2, 0.25) is 5.91 Å². The molecule has 0 aromatic carbocycles. The van der Waals surface area contributed by atoms with E-state index in [4.69, 9.17) is 5.73 Å². The zero-order chi connectivity index (χ0) is 14.5. The van der Waals surface area contributed by atoms with Crippen LogP contribution in [0.5, 0.6) is 0 Å². The Kier molecular flexibility index (Phi) is 5.85. The first-order valence-corrected chi connectivity index (χ1v) is 8.35. The van der Waals surface area contributed by atoms with Crippen molar-refractivity contribution < 1.29 is 4.79 Å². The number of nitrogens with zero attached hydrogens (tertiary/aromatic N) is 1. The number of hydrogen-bond acceptors (Lipinski definition) is 3. The van der Waals surface area contributed by atoms with Crippen molar-refractivity contribution in [2.24, 2.45) is 11.7 Å². The van der Waals surface area contributed by atoms with Crippen LogP contribution in [0, 0.1) is 5.92 Å². The maximum absolute atomic E-state index is 12.0. The normalized spacial score (nSPS) is 28.4. The average Bonchev–Trinajstić information content (AvgIpc) is 3.28. The van der Waals surface area contributed by atoms with Gasteiger partial charge in [-0.1, -0.05) is 13.3 Å². The van der Waals surface area contributed by atoms with Crippen molar-refractivity contribution in [2.45, 2.75) is 76.4 Å². The van der Waals surface area contributed by atoms with E-state index in [1.807, 2.05) is 0 Å². The highest BCUT2D eigenvalue weighted by Gasteiger charge is 2.29. The first-order valence-electron chi connectivity index (χ1n) is 8.35. The van der Waals surface area contributed by atoms with Crippen molar-refractivity contribution in [3.8, 4) is 0 Å². The molecule has 20 heavy (non-hydrogen) atoms. The van der Waals surface area contributed by atoms with Crippen LogP contribution in [0.15, 0.2) is 0 Å². The van der Waals surface area contributed by atoms with E-state index in [-0.39, 0.29) is 11.9 Å². The predicted octanol–water partition coefficient (Wildman–Crippen LogP) is 1.88. The molecule has 0 spiro atoms. The largest absolute Gasteiger partial charge is 0.353 e. The average molecular weight is 281 g/mol. The van der Waals surface area contributed by atoms with Gasteiger partial charge in [0.1, 0.15) is 0 Å². The molecule has 0 heterocycles. The van der Waals surface area contributed by atoms with Crippen molar-refractivity contribution in [1.29, 1.82) is 0 Å². The van der Waals surface area contributed by atoms with Crippen molar-refractivity contribution in [2.75, 3.05) is 13.6 Å². The Morgan fingerprint density at radius 2 is 1.90 bits per heavy atom. The van der Waals surface area contributed by atoms with Gasteiger partial charge in [0.25, 0.3) is 0 Å². The van der Waals surface area contributed by atoms with Crippen LogP contribution < -0.4 is 11.1 Å². The van der Waals surface area contributed by atoms with Crippen LogP contribution in [0.3, 0.4) is 0 Å². The van der Waals surface area contributed by atoms with Gasteiger partial charge in [0.15, 0.2) is 0 Å². The van der Waals surface area contributed by atoms with Crippen molar-refractivity contribution in [1.82, 2.24) is 10.2 Å². The fourth-order valence-corrected chi connectivity index (χ4v) is 3.38. The maximum Gasteiger partial charge on any atom is 0.221 e. The summed E-state index contributed by atoms with van der Waals surface area (Å²) in [5.74, 6) is 1.09. The highest BCUT2D eigenvalue weighted by Crippen LogP contribution is 2.30. The zero-order valence-corrected chi connectivity index (χ0v) is 13.1. The summed E-state index contributed by atoms with van der Waals surface area (Å²) in [5.41, 5.74) is 5.91. The molecule has 116 valence electrons. The Labute approximate surface area is 123 Å². The monoisotopic (exact) mass is 281 g/mol. The van der Waals surface area contributed by atoms with E-state index >= 15 is 0 Å². The van der Waals surface area contributed by atoms with Crippen LogP contribution in [0.1, 0.15) is 58.3 Å². The molecule has 0 aromatic rings. The molecule has 1 unspecified atom stereocenters. The molecule has 0 radical (unpaired) electrons. The lowest BCUT2D eigenvalue weighted by Gasteiger charge is -2.38. The second kappa shape index (κ2) is 7.41. The number of rotatable bonds is 7. The van der Waals surface area contributed by atoms with Crippen LogP contribution in [0.25, 0.3) is 0 Å². The second-order valence-corrected chi connectivity index (χ2v) is 6.68. The molecule has 0 saturated heterocycles. The summed E-state index contributed by atoms with van der Waals surface area (Å²) in [7, 11) is 2.15. The molecule has 2 aliphatic carbocycles. The Bertz CT molecular complexity index is 309. The lowest BCUT2D eigenvalue weighted by atomic mass is 9.83. The number of likely N-dealkylation sites (N-methyl/N-ethyl adjacent to an activating group) is 1. The molecule has 1 amide bonds. The Morgan fingerprint density at radius 3 is 2.40 bits per heavy atom. The number of nitrogens with two attached hydrogens (primary N) is 1. The minimum absolute atomic E-state index is 0.178. The quantitative estimate of drug-likeness (QED) is 0.749. The van der Waals surface area contributed by atoms with Gasteiger partial charge in [0.05, 0.1) is 0 Å². The van der Waals surface area contributed by atoms with E-state index in [1.54, 1.807) is 0 Å². The van der Waals surface area contributed by atoms with Crippen molar-refractivity contribution in [3.05, 3.63) is 0 Å². The number of nitrogens with one attached hydrogen (secondary N) is 1. The summed E-state index contributed by atoms with van der Waals surface area (Å²) in [6, 6.07) is 1.25. The lowest BCUT2D eigenvalue weighted by molar-refractivity contribution is -0.122. The molecule has 2 rings (SSSR count). The third-order valence-electron chi connectivity index (χ3n) is 5.18. The highest BCUT2D eigenvalue weighted by atomic mass is 16.1. The number of hydrogen-bond donors (Lipinski definition) is 2. The Balaban J connectivity index is 1.78. The van der Waals surface area contributed by atoms with Crippen molar-refractivity contribution in [3.63, 3.8) is 0 Å². The first-order chi connectivity index (χ1) is 9.63. The minimum Gasteiger partial charge on any atom is -0.353 e. The summed E-state index contributed by atoms with van der Waals surface area (Å²) < 4.78 is 0. The molecular formula is C16H31N3O. The lowest BCUT2D eigenvalue weighted by Crippen LogP contribution is -2.48. The van der Waals surface area contributed by atoms with Crippen molar-refractivity contribution >= 4 is 5.91 Å². The van der Waals surface area contributed by atoms with Gasteiger partial charge in [0, 0.05) is 31.1 Å². The summed E-state index contributed by atoms with van der Waals surface area (Å²) in [6.45, 7) is 2.86. The summed E-state index contributed by atoms with van der Waals surface area (Å²) in [6.07, 6.45) is 9.34. The van der Waals surface area contributed by atoms with Crippen LogP contribution >= 0.6 is 0 Å². The van der Waals surface area contributed by atoms with Crippen LogP contribution in [0.2, 0.25) is 0 Å². The van der Waals surface area contributed by atoms with Gasteiger partial charge < -0.3 is 11.1 Å². The molecule has 0 aliphatic heterocycles. The molecule has 0 aromatic heterocycles. The van der Waals surface area contributed by atoms with Crippen LogP contribution in [-0.2, 0) is 4.79 Å². The fourth-order valence-electron chi connectivity index (χ4n) is 3.38. The molecule has 3 N–H and O–H groups in total. The topological polar surface area (TPSA) is 58.4 Å². The maximum atomic E-state index is 12.0. The molecule has 2 aliphatic rings. The number of amides is 1. The molecule has 1 atom stereocenters. The second-order valence-electron chi connectivity index (χ2n) is 6.68. The fraction of sp³-hybridized carbons (Fsp3) is 0.938. The molecular weight excluding hydrogens is 250 g/mol. The summed E-state index contributed by atoms with van der Waals surface area (Å²) >= 11 is 0. The molecule has 0 bridgehead atoms. The van der Waals surface area contributed by atoms with Gasteiger partial charge in [-0.15, -0.1) is 0 Å². The third-order valence-corrected chi connectivity index (χ3v) is 5.18. The minimum atomic E-state index is 0.178. The van der Waals surface area contributed by atoms with Crippen LogP contribution in [0.4, 0.5) is 0 Å². The van der Waals surface area contributed by atoms with Gasteiger partial charge in [-0.2, -0.15) is 0 Å². The summed E-state index contributed by atoms with van der Waals surface area (Å²) in [5, 5.41) is 3.07. The van der Waals surface area contributed by atoms with E-state index < -0.39 is 0 Å². The standard InChI is InChI=1S/C16H31N3O/c1-3-12-4-8-14(9-5-12)19(2)15(11-17)10-16(20)18-13-6-7-13/h12-15H,3-11,17H2,1-2H3,(H,18,20). The third kappa shape index (κ3) is 4.45. The van der Waals surface area contributed by atoms with Gasteiger partial charge in [-0.3, -0.25) is 9.69 Å². The summed E-state index contributed by atoms with van der Waals surface area (Å²) in [4.78, 5) is 14.3. The van der Waals surface area contributed by atoms with E-state index in [0.717, 1.165) is 18.8 Å². The smallest absolute Gasteiger partial charge is 0.221 e. The Morgan fingerprint density at radius 1 is 1.25 bits per heavy atom. The predicted molar refractivity (Wildman–Crippen MR) is 82.4 cm³/mol. The molecule has 2 saturated carbocycles.